The van der Waals surface area contributed by atoms with Gasteiger partial charge in [-0.2, -0.15) is 5.26 Å². The van der Waals surface area contributed by atoms with E-state index < -0.39 is 34.5 Å². The smallest absolute Gasteiger partial charge is 0.344 e. The molecule has 1 aromatic rings. The van der Waals surface area contributed by atoms with E-state index in [1.54, 1.807) is 27.7 Å². The SMILES string of the molecule is CC[C@H](C)[C@H](N[C@@](Nc1ccc([N+](=O)[O-])cc1C#N)(C(=O)O)[C@@H](C)CC)C(=O)O. The van der Waals surface area contributed by atoms with E-state index >= 15 is 0 Å². The molecule has 0 saturated carbocycles. The number of nitro groups is 1. The van der Waals surface area contributed by atoms with Gasteiger partial charge in [-0.25, -0.2) is 4.79 Å². The van der Waals surface area contributed by atoms with E-state index in [-0.39, 0.29) is 22.9 Å². The topological polar surface area (TPSA) is 166 Å². The third-order valence-corrected chi connectivity index (χ3v) is 5.22. The van der Waals surface area contributed by atoms with E-state index in [1.807, 2.05) is 6.07 Å². The van der Waals surface area contributed by atoms with Crippen molar-refractivity contribution in [3.8, 4) is 6.07 Å². The van der Waals surface area contributed by atoms with Gasteiger partial charge in [-0.3, -0.25) is 20.2 Å². The fourth-order valence-electron chi connectivity index (χ4n) is 2.92. The summed E-state index contributed by atoms with van der Waals surface area (Å²) in [6.45, 7) is 6.89. The van der Waals surface area contributed by atoms with Crippen LogP contribution < -0.4 is 10.6 Å². The van der Waals surface area contributed by atoms with Crippen LogP contribution in [0.4, 0.5) is 11.4 Å². The van der Waals surface area contributed by atoms with E-state index in [4.69, 9.17) is 0 Å². The number of carboxylic acids is 2. The molecule has 10 nitrogen and oxygen atoms in total. The predicted octanol–water partition coefficient (Wildman–Crippen LogP) is 2.79. The van der Waals surface area contributed by atoms with Crippen molar-refractivity contribution >= 4 is 23.3 Å². The summed E-state index contributed by atoms with van der Waals surface area (Å²) in [5, 5.41) is 45.6. The zero-order chi connectivity index (χ0) is 22.4. The maximum absolute atomic E-state index is 12.4. The first-order valence-corrected chi connectivity index (χ1v) is 9.24. The Labute approximate surface area is 168 Å². The van der Waals surface area contributed by atoms with Crippen LogP contribution in [-0.2, 0) is 9.59 Å². The number of carbonyl (C=O) groups is 2. The van der Waals surface area contributed by atoms with Crippen molar-refractivity contribution in [1.82, 2.24) is 5.32 Å². The van der Waals surface area contributed by atoms with Crippen LogP contribution in [0.5, 0.6) is 0 Å². The van der Waals surface area contributed by atoms with Gasteiger partial charge in [-0.15, -0.1) is 0 Å². The van der Waals surface area contributed by atoms with Gasteiger partial charge in [-0.1, -0.05) is 34.1 Å². The summed E-state index contributed by atoms with van der Waals surface area (Å²) < 4.78 is 0. The zero-order valence-corrected chi connectivity index (χ0v) is 16.8. The van der Waals surface area contributed by atoms with E-state index in [1.165, 1.54) is 6.07 Å². The first-order chi connectivity index (χ1) is 13.5. The summed E-state index contributed by atoms with van der Waals surface area (Å²) in [6.07, 6.45) is 0.884. The number of hydrogen-bond donors (Lipinski definition) is 4. The average Bonchev–Trinajstić information content (AvgIpc) is 2.69. The number of non-ortho nitro benzene ring substituents is 1. The lowest BCUT2D eigenvalue weighted by molar-refractivity contribution is -0.384. The summed E-state index contributed by atoms with van der Waals surface area (Å²) >= 11 is 0. The van der Waals surface area contributed by atoms with Gasteiger partial charge < -0.3 is 15.5 Å². The molecule has 0 unspecified atom stereocenters. The maximum atomic E-state index is 12.4. The minimum absolute atomic E-state index is 0.0570. The highest BCUT2D eigenvalue weighted by atomic mass is 16.6. The standard InChI is InChI=1S/C19H26N4O6/c1-5-11(3)16(17(24)25)22-19(18(26)27,12(4)6-2)21-15-8-7-14(23(28)29)9-13(15)10-20/h7-9,11-12,16,21-22H,5-6H2,1-4H3,(H,24,25)(H,26,27)/t11-,12-,16-,19+/m0/s1. The van der Waals surface area contributed by atoms with Crippen LogP contribution in [0.15, 0.2) is 18.2 Å². The molecule has 0 aromatic heterocycles. The summed E-state index contributed by atoms with van der Waals surface area (Å²) in [5.41, 5.74) is -2.29. The molecule has 0 spiro atoms. The molecule has 4 N–H and O–H groups in total. The van der Waals surface area contributed by atoms with Crippen LogP contribution in [0.25, 0.3) is 0 Å². The first kappa shape index (κ1) is 23.8. The van der Waals surface area contributed by atoms with Crippen molar-refractivity contribution in [2.75, 3.05) is 5.32 Å². The highest BCUT2D eigenvalue weighted by Crippen LogP contribution is 2.30. The van der Waals surface area contributed by atoms with Crippen molar-refractivity contribution in [3.63, 3.8) is 0 Å². The number of hydrogen-bond acceptors (Lipinski definition) is 7. The molecular formula is C19H26N4O6. The average molecular weight is 406 g/mol. The van der Waals surface area contributed by atoms with Crippen LogP contribution in [0.2, 0.25) is 0 Å². The minimum atomic E-state index is -1.91. The van der Waals surface area contributed by atoms with Gasteiger partial charge in [-0.05, 0) is 18.4 Å². The number of aliphatic carboxylic acids is 2. The second kappa shape index (κ2) is 9.84. The Bertz CT molecular complexity index is 821. The van der Waals surface area contributed by atoms with E-state index in [0.717, 1.165) is 12.1 Å². The summed E-state index contributed by atoms with van der Waals surface area (Å²) in [4.78, 5) is 34.5. The van der Waals surface area contributed by atoms with Crippen LogP contribution in [0, 0.1) is 33.3 Å². The van der Waals surface area contributed by atoms with Crippen molar-refractivity contribution < 1.29 is 24.7 Å². The van der Waals surface area contributed by atoms with Crippen molar-refractivity contribution in [2.45, 2.75) is 52.2 Å². The van der Waals surface area contributed by atoms with Crippen LogP contribution in [0.3, 0.4) is 0 Å². The first-order valence-electron chi connectivity index (χ1n) is 9.24. The molecule has 1 aromatic carbocycles. The fraction of sp³-hybridized carbons (Fsp3) is 0.526. The Balaban J connectivity index is 3.54. The second-order valence-corrected chi connectivity index (χ2v) is 6.99. The molecule has 29 heavy (non-hydrogen) atoms. The lowest BCUT2D eigenvalue weighted by Crippen LogP contribution is -2.67. The number of anilines is 1. The molecule has 0 heterocycles. The Hall–Kier alpha value is -3.19. The Morgan fingerprint density at radius 2 is 1.90 bits per heavy atom. The molecule has 0 aliphatic rings. The van der Waals surface area contributed by atoms with Crippen LogP contribution in [0.1, 0.15) is 46.1 Å². The molecule has 0 fully saturated rings. The number of nitriles is 1. The molecular weight excluding hydrogens is 380 g/mol. The maximum Gasteiger partial charge on any atom is 0.344 e. The molecule has 4 atom stereocenters. The number of nitrogens with zero attached hydrogens (tertiary/aromatic N) is 2. The van der Waals surface area contributed by atoms with Gasteiger partial charge in [0.05, 0.1) is 16.2 Å². The minimum Gasteiger partial charge on any atom is -0.480 e. The van der Waals surface area contributed by atoms with E-state index in [2.05, 4.69) is 10.6 Å². The van der Waals surface area contributed by atoms with E-state index in [9.17, 15) is 35.2 Å². The van der Waals surface area contributed by atoms with Crippen LogP contribution >= 0.6 is 0 Å². The highest BCUT2D eigenvalue weighted by molar-refractivity contribution is 5.85. The highest BCUT2D eigenvalue weighted by Gasteiger charge is 2.47. The van der Waals surface area contributed by atoms with Gasteiger partial charge in [0.25, 0.3) is 5.69 Å². The second-order valence-electron chi connectivity index (χ2n) is 6.99. The Kier molecular flexibility index (Phi) is 8.09. The van der Waals surface area contributed by atoms with Gasteiger partial charge >= 0.3 is 11.9 Å². The van der Waals surface area contributed by atoms with Gasteiger partial charge in [0, 0.05) is 18.1 Å². The number of benzene rings is 1. The fourth-order valence-corrected chi connectivity index (χ4v) is 2.92. The van der Waals surface area contributed by atoms with E-state index in [0.29, 0.717) is 12.8 Å². The van der Waals surface area contributed by atoms with Crippen molar-refractivity contribution in [1.29, 1.82) is 5.26 Å². The third-order valence-electron chi connectivity index (χ3n) is 5.22. The lowest BCUT2D eigenvalue weighted by atomic mass is 9.87. The Morgan fingerprint density at radius 1 is 1.28 bits per heavy atom. The lowest BCUT2D eigenvalue weighted by Gasteiger charge is -2.40. The van der Waals surface area contributed by atoms with Gasteiger partial charge in [0.2, 0.25) is 0 Å². The molecule has 10 heteroatoms. The van der Waals surface area contributed by atoms with Crippen molar-refractivity contribution in [3.05, 3.63) is 33.9 Å². The zero-order valence-electron chi connectivity index (χ0n) is 16.8. The van der Waals surface area contributed by atoms with Crippen molar-refractivity contribution in [2.24, 2.45) is 11.8 Å². The summed E-state index contributed by atoms with van der Waals surface area (Å²) in [7, 11) is 0. The number of rotatable bonds is 11. The normalized spacial score (nSPS) is 16.0. The third kappa shape index (κ3) is 5.20. The molecule has 0 aliphatic heterocycles. The quantitative estimate of drug-likeness (QED) is 0.245. The molecule has 0 bridgehead atoms. The number of carboxylic acid groups (broad SMARTS) is 2. The number of nitrogens with one attached hydrogen (secondary N) is 2. The molecule has 0 amide bonds. The van der Waals surface area contributed by atoms with Gasteiger partial charge in [0.15, 0.2) is 5.66 Å². The summed E-state index contributed by atoms with van der Waals surface area (Å²) in [6, 6.07) is 4.08. The molecule has 0 aliphatic carbocycles. The summed E-state index contributed by atoms with van der Waals surface area (Å²) in [5.74, 6) is -3.50. The van der Waals surface area contributed by atoms with Crippen LogP contribution in [-0.4, -0.2) is 38.8 Å². The molecule has 1 rings (SSSR count). The Morgan fingerprint density at radius 3 is 2.31 bits per heavy atom. The number of nitro benzene ring substituents is 1. The van der Waals surface area contributed by atoms with Gasteiger partial charge in [0.1, 0.15) is 12.1 Å². The molecule has 0 radical (unpaired) electrons. The molecule has 0 saturated heterocycles. The molecule has 158 valence electrons. The predicted molar refractivity (Wildman–Crippen MR) is 105 cm³/mol. The monoisotopic (exact) mass is 406 g/mol. The largest absolute Gasteiger partial charge is 0.480 e.